The Labute approximate surface area is 120 Å². The lowest BCUT2D eigenvalue weighted by Crippen LogP contribution is -2.45. The quantitative estimate of drug-likeness (QED) is 0.892. The highest BCUT2D eigenvalue weighted by molar-refractivity contribution is 5.32. The third-order valence-corrected chi connectivity index (χ3v) is 4.40. The number of aliphatic hydroxyl groups excluding tert-OH is 1. The largest absolute Gasteiger partial charge is 0.391 e. The van der Waals surface area contributed by atoms with E-state index in [4.69, 9.17) is 4.74 Å². The van der Waals surface area contributed by atoms with Crippen LogP contribution in [0.15, 0.2) is 12.3 Å². The molecule has 20 heavy (non-hydrogen) atoms. The minimum absolute atomic E-state index is 0.106. The van der Waals surface area contributed by atoms with Crippen molar-refractivity contribution in [2.75, 3.05) is 24.6 Å². The Morgan fingerprint density at radius 2 is 2.15 bits per heavy atom. The molecule has 0 saturated carbocycles. The monoisotopic (exact) mass is 277 g/mol. The van der Waals surface area contributed by atoms with Crippen molar-refractivity contribution in [2.24, 2.45) is 0 Å². The second-order valence-electron chi connectivity index (χ2n) is 6.28. The SMILES string of the molecule is CC(C)c1ccnc(N2CCC3(CC2)C[C@H](O)CO3)n1. The van der Waals surface area contributed by atoms with Gasteiger partial charge < -0.3 is 14.7 Å². The molecule has 1 atom stereocenters. The van der Waals surface area contributed by atoms with Crippen LogP contribution in [0.3, 0.4) is 0 Å². The predicted molar refractivity (Wildman–Crippen MR) is 76.9 cm³/mol. The first-order valence-electron chi connectivity index (χ1n) is 7.48. The maximum Gasteiger partial charge on any atom is 0.225 e. The summed E-state index contributed by atoms with van der Waals surface area (Å²) < 4.78 is 5.82. The Bertz CT molecular complexity index is 470. The van der Waals surface area contributed by atoms with Gasteiger partial charge in [0.15, 0.2) is 0 Å². The molecule has 1 aromatic rings. The number of aromatic nitrogens is 2. The first kappa shape index (κ1) is 13.8. The maximum atomic E-state index is 9.66. The zero-order chi connectivity index (χ0) is 14.2. The molecule has 2 aliphatic heterocycles. The van der Waals surface area contributed by atoms with Crippen molar-refractivity contribution in [3.8, 4) is 0 Å². The highest BCUT2D eigenvalue weighted by atomic mass is 16.5. The molecule has 2 saturated heterocycles. The van der Waals surface area contributed by atoms with Crippen LogP contribution in [0.5, 0.6) is 0 Å². The van der Waals surface area contributed by atoms with Gasteiger partial charge in [-0.1, -0.05) is 13.8 Å². The number of aliphatic hydroxyl groups is 1. The molecule has 0 unspecified atom stereocenters. The molecule has 0 amide bonds. The number of nitrogens with zero attached hydrogens (tertiary/aromatic N) is 3. The van der Waals surface area contributed by atoms with Gasteiger partial charge in [0.1, 0.15) is 0 Å². The van der Waals surface area contributed by atoms with Crippen molar-refractivity contribution in [1.29, 1.82) is 0 Å². The molecule has 2 fully saturated rings. The summed E-state index contributed by atoms with van der Waals surface area (Å²) in [7, 11) is 0. The van der Waals surface area contributed by atoms with Gasteiger partial charge in [0, 0.05) is 31.4 Å². The summed E-state index contributed by atoms with van der Waals surface area (Å²) in [5.74, 6) is 1.24. The summed E-state index contributed by atoms with van der Waals surface area (Å²) in [6, 6.07) is 1.98. The molecular weight excluding hydrogens is 254 g/mol. The molecule has 0 aromatic carbocycles. The van der Waals surface area contributed by atoms with Crippen LogP contribution in [0.1, 0.15) is 44.7 Å². The molecule has 2 aliphatic rings. The second-order valence-corrected chi connectivity index (χ2v) is 6.28. The van der Waals surface area contributed by atoms with Gasteiger partial charge in [-0.05, 0) is 24.8 Å². The van der Waals surface area contributed by atoms with Gasteiger partial charge in [0.25, 0.3) is 0 Å². The number of piperidine rings is 1. The number of rotatable bonds is 2. The van der Waals surface area contributed by atoms with Gasteiger partial charge in [-0.15, -0.1) is 0 Å². The Morgan fingerprint density at radius 3 is 2.75 bits per heavy atom. The molecule has 5 heteroatoms. The number of ether oxygens (including phenoxy) is 1. The Kier molecular flexibility index (Phi) is 3.65. The van der Waals surface area contributed by atoms with Crippen molar-refractivity contribution < 1.29 is 9.84 Å². The van der Waals surface area contributed by atoms with Gasteiger partial charge in [0.2, 0.25) is 5.95 Å². The average Bonchev–Trinajstić information content (AvgIpc) is 2.81. The summed E-state index contributed by atoms with van der Waals surface area (Å²) in [4.78, 5) is 11.3. The van der Waals surface area contributed by atoms with Crippen LogP contribution in [0.25, 0.3) is 0 Å². The minimum Gasteiger partial charge on any atom is -0.391 e. The van der Waals surface area contributed by atoms with Gasteiger partial charge in [-0.3, -0.25) is 0 Å². The molecule has 3 rings (SSSR count). The van der Waals surface area contributed by atoms with E-state index in [2.05, 4.69) is 28.7 Å². The van der Waals surface area contributed by atoms with E-state index >= 15 is 0 Å². The van der Waals surface area contributed by atoms with Crippen LogP contribution in [0.2, 0.25) is 0 Å². The fourth-order valence-electron chi connectivity index (χ4n) is 3.12. The molecule has 0 bridgehead atoms. The third-order valence-electron chi connectivity index (χ3n) is 4.40. The highest BCUT2D eigenvalue weighted by Gasteiger charge is 2.42. The number of hydrogen-bond donors (Lipinski definition) is 1. The van der Waals surface area contributed by atoms with E-state index < -0.39 is 0 Å². The molecule has 110 valence electrons. The van der Waals surface area contributed by atoms with E-state index in [9.17, 15) is 5.11 Å². The molecule has 1 aromatic heterocycles. The van der Waals surface area contributed by atoms with E-state index in [-0.39, 0.29) is 11.7 Å². The van der Waals surface area contributed by atoms with Crippen LogP contribution >= 0.6 is 0 Å². The summed E-state index contributed by atoms with van der Waals surface area (Å²) in [6.45, 7) is 6.57. The summed E-state index contributed by atoms with van der Waals surface area (Å²) in [6.07, 6.45) is 4.21. The van der Waals surface area contributed by atoms with Gasteiger partial charge in [-0.2, -0.15) is 0 Å². The zero-order valence-electron chi connectivity index (χ0n) is 12.2. The topological polar surface area (TPSA) is 58.5 Å². The molecule has 0 radical (unpaired) electrons. The van der Waals surface area contributed by atoms with Crippen LogP contribution in [-0.4, -0.2) is 46.5 Å². The van der Waals surface area contributed by atoms with E-state index in [0.717, 1.165) is 44.0 Å². The van der Waals surface area contributed by atoms with Gasteiger partial charge >= 0.3 is 0 Å². The smallest absolute Gasteiger partial charge is 0.225 e. The fourth-order valence-corrected chi connectivity index (χ4v) is 3.12. The van der Waals surface area contributed by atoms with Crippen molar-refractivity contribution in [2.45, 2.75) is 50.7 Å². The van der Waals surface area contributed by atoms with Crippen molar-refractivity contribution in [3.05, 3.63) is 18.0 Å². The van der Waals surface area contributed by atoms with Crippen LogP contribution < -0.4 is 4.90 Å². The summed E-state index contributed by atoms with van der Waals surface area (Å²) in [5.41, 5.74) is 0.980. The Morgan fingerprint density at radius 1 is 1.40 bits per heavy atom. The lowest BCUT2D eigenvalue weighted by atomic mass is 9.88. The summed E-state index contributed by atoms with van der Waals surface area (Å²) in [5, 5.41) is 9.66. The first-order valence-corrected chi connectivity index (χ1v) is 7.48. The molecule has 0 aliphatic carbocycles. The first-order chi connectivity index (χ1) is 9.58. The highest BCUT2D eigenvalue weighted by Crippen LogP contribution is 2.36. The van der Waals surface area contributed by atoms with Crippen molar-refractivity contribution in [3.63, 3.8) is 0 Å². The Balaban J connectivity index is 1.67. The average molecular weight is 277 g/mol. The maximum absolute atomic E-state index is 9.66. The summed E-state index contributed by atoms with van der Waals surface area (Å²) >= 11 is 0. The second kappa shape index (κ2) is 5.30. The lowest BCUT2D eigenvalue weighted by Gasteiger charge is -2.38. The molecular formula is C15H23N3O2. The van der Waals surface area contributed by atoms with Crippen LogP contribution in [0, 0.1) is 0 Å². The fraction of sp³-hybridized carbons (Fsp3) is 0.733. The van der Waals surface area contributed by atoms with E-state index in [1.165, 1.54) is 0 Å². The Hall–Kier alpha value is -1.20. The third kappa shape index (κ3) is 2.65. The number of anilines is 1. The number of hydrogen-bond acceptors (Lipinski definition) is 5. The van der Waals surface area contributed by atoms with Gasteiger partial charge in [0.05, 0.1) is 18.3 Å². The molecule has 1 spiro atoms. The van der Waals surface area contributed by atoms with Crippen LogP contribution in [0.4, 0.5) is 5.95 Å². The molecule has 3 heterocycles. The minimum atomic E-state index is -0.290. The molecule has 5 nitrogen and oxygen atoms in total. The van der Waals surface area contributed by atoms with E-state index in [1.807, 2.05) is 12.3 Å². The standard InChI is InChI=1S/C15H23N3O2/c1-11(2)13-3-6-16-14(17-13)18-7-4-15(5-8-18)9-12(19)10-20-15/h3,6,11-12,19H,4-5,7-10H2,1-2H3/t12-/m0/s1. The van der Waals surface area contributed by atoms with E-state index in [0.29, 0.717) is 12.5 Å². The predicted octanol–water partition coefficient (Wildman–Crippen LogP) is 1.72. The normalized spacial score (nSPS) is 25.6. The molecule has 1 N–H and O–H groups in total. The van der Waals surface area contributed by atoms with Crippen molar-refractivity contribution >= 4 is 5.95 Å². The van der Waals surface area contributed by atoms with E-state index in [1.54, 1.807) is 0 Å². The van der Waals surface area contributed by atoms with Crippen molar-refractivity contribution in [1.82, 2.24) is 9.97 Å². The zero-order valence-corrected chi connectivity index (χ0v) is 12.2. The lowest BCUT2D eigenvalue weighted by molar-refractivity contribution is -0.0168. The van der Waals surface area contributed by atoms with Gasteiger partial charge in [-0.25, -0.2) is 9.97 Å². The van der Waals surface area contributed by atoms with Crippen LogP contribution in [-0.2, 0) is 4.74 Å².